The standard InChI is InChI=1S/C11H8BrN3O2/c1-7-10(15-17-14-7)6-16-11-3-2-9(12)4-8(11)5-13/h2-4H,6H2,1H3. The Morgan fingerprint density at radius 2 is 2.29 bits per heavy atom. The van der Waals surface area contributed by atoms with Gasteiger partial charge in [0, 0.05) is 4.47 Å². The molecule has 1 aromatic carbocycles. The molecule has 0 bridgehead atoms. The van der Waals surface area contributed by atoms with Crippen LogP contribution < -0.4 is 4.74 Å². The number of halogens is 1. The van der Waals surface area contributed by atoms with Crippen LogP contribution in [0.25, 0.3) is 0 Å². The van der Waals surface area contributed by atoms with Crippen LogP contribution in [0.5, 0.6) is 5.75 Å². The van der Waals surface area contributed by atoms with E-state index in [1.165, 1.54) is 0 Å². The third kappa shape index (κ3) is 2.63. The van der Waals surface area contributed by atoms with Crippen molar-refractivity contribution < 1.29 is 9.37 Å². The fraction of sp³-hybridized carbons (Fsp3) is 0.182. The molecule has 0 atom stereocenters. The summed E-state index contributed by atoms with van der Waals surface area (Å²) in [5.74, 6) is 0.512. The second-order valence-electron chi connectivity index (χ2n) is 3.34. The first kappa shape index (κ1) is 11.6. The molecule has 0 unspecified atom stereocenters. The largest absolute Gasteiger partial charge is 0.486 e. The number of hydrogen-bond acceptors (Lipinski definition) is 5. The first-order chi connectivity index (χ1) is 8.20. The lowest BCUT2D eigenvalue weighted by atomic mass is 10.2. The molecule has 1 aromatic heterocycles. The van der Waals surface area contributed by atoms with Gasteiger partial charge in [0.05, 0.1) is 5.56 Å². The summed E-state index contributed by atoms with van der Waals surface area (Å²) < 4.78 is 10.9. The summed E-state index contributed by atoms with van der Waals surface area (Å²) in [6.07, 6.45) is 0. The molecule has 6 heteroatoms. The highest BCUT2D eigenvalue weighted by Crippen LogP contribution is 2.23. The van der Waals surface area contributed by atoms with Crippen molar-refractivity contribution in [1.29, 1.82) is 5.26 Å². The molecule has 0 radical (unpaired) electrons. The van der Waals surface area contributed by atoms with E-state index in [1.807, 2.05) is 6.07 Å². The monoisotopic (exact) mass is 293 g/mol. The Kier molecular flexibility index (Phi) is 3.40. The minimum atomic E-state index is 0.228. The van der Waals surface area contributed by atoms with E-state index >= 15 is 0 Å². The number of rotatable bonds is 3. The third-order valence-electron chi connectivity index (χ3n) is 2.17. The van der Waals surface area contributed by atoms with Crippen LogP contribution in [0.1, 0.15) is 17.0 Å². The van der Waals surface area contributed by atoms with Crippen LogP contribution in [-0.4, -0.2) is 10.3 Å². The van der Waals surface area contributed by atoms with E-state index in [0.717, 1.165) is 4.47 Å². The summed E-state index contributed by atoms with van der Waals surface area (Å²) in [6.45, 7) is 2.01. The lowest BCUT2D eigenvalue weighted by Gasteiger charge is -2.06. The van der Waals surface area contributed by atoms with Gasteiger partial charge in [-0.25, -0.2) is 4.63 Å². The lowest BCUT2D eigenvalue weighted by molar-refractivity contribution is 0.269. The van der Waals surface area contributed by atoms with Gasteiger partial charge in [0.15, 0.2) is 0 Å². The zero-order chi connectivity index (χ0) is 12.3. The van der Waals surface area contributed by atoms with Gasteiger partial charge in [-0.1, -0.05) is 26.2 Å². The Hall–Kier alpha value is -1.87. The fourth-order valence-corrected chi connectivity index (χ4v) is 1.60. The molecule has 17 heavy (non-hydrogen) atoms. The van der Waals surface area contributed by atoms with Gasteiger partial charge >= 0.3 is 0 Å². The molecule has 0 aliphatic carbocycles. The molecule has 0 saturated heterocycles. The van der Waals surface area contributed by atoms with Crippen LogP contribution in [0.15, 0.2) is 27.3 Å². The van der Waals surface area contributed by atoms with Gasteiger partial charge < -0.3 is 4.74 Å². The quantitative estimate of drug-likeness (QED) is 0.870. The van der Waals surface area contributed by atoms with E-state index in [1.54, 1.807) is 19.1 Å². The van der Waals surface area contributed by atoms with E-state index in [-0.39, 0.29) is 6.61 Å². The summed E-state index contributed by atoms with van der Waals surface area (Å²) in [5, 5.41) is 16.3. The average Bonchev–Trinajstić information content (AvgIpc) is 2.73. The molecule has 0 aliphatic rings. The average molecular weight is 294 g/mol. The number of aromatic nitrogens is 2. The van der Waals surface area contributed by atoms with Gasteiger partial charge in [-0.2, -0.15) is 5.26 Å². The van der Waals surface area contributed by atoms with Crippen molar-refractivity contribution in [2.75, 3.05) is 0 Å². The smallest absolute Gasteiger partial charge is 0.145 e. The summed E-state index contributed by atoms with van der Waals surface area (Å²) >= 11 is 3.29. The van der Waals surface area contributed by atoms with Crippen LogP contribution in [0, 0.1) is 18.3 Å². The van der Waals surface area contributed by atoms with Gasteiger partial charge in [0.2, 0.25) is 0 Å². The highest BCUT2D eigenvalue weighted by Gasteiger charge is 2.08. The van der Waals surface area contributed by atoms with E-state index in [4.69, 9.17) is 10.00 Å². The van der Waals surface area contributed by atoms with Crippen LogP contribution in [0.3, 0.4) is 0 Å². The van der Waals surface area contributed by atoms with Crippen LogP contribution in [0.4, 0.5) is 0 Å². The van der Waals surface area contributed by atoms with Crippen LogP contribution in [-0.2, 0) is 6.61 Å². The van der Waals surface area contributed by atoms with Gasteiger partial charge in [-0.05, 0) is 25.1 Å². The Bertz CT molecular complexity index is 574. The number of hydrogen-bond donors (Lipinski definition) is 0. The summed E-state index contributed by atoms with van der Waals surface area (Å²) in [7, 11) is 0. The number of nitrogens with zero attached hydrogens (tertiary/aromatic N) is 3. The van der Waals surface area contributed by atoms with E-state index in [2.05, 4.69) is 36.9 Å². The van der Waals surface area contributed by atoms with E-state index in [9.17, 15) is 0 Å². The molecule has 86 valence electrons. The van der Waals surface area contributed by atoms with Crippen LogP contribution >= 0.6 is 15.9 Å². The highest BCUT2D eigenvalue weighted by atomic mass is 79.9. The van der Waals surface area contributed by atoms with Crippen LogP contribution in [0.2, 0.25) is 0 Å². The summed E-state index contributed by atoms with van der Waals surface area (Å²) in [4.78, 5) is 0. The van der Waals surface area contributed by atoms with E-state index in [0.29, 0.717) is 22.7 Å². The Morgan fingerprint density at radius 3 is 2.94 bits per heavy atom. The van der Waals surface area contributed by atoms with Crippen molar-refractivity contribution in [3.05, 3.63) is 39.6 Å². The zero-order valence-electron chi connectivity index (χ0n) is 8.98. The normalized spacial score (nSPS) is 9.94. The molecule has 0 saturated carbocycles. The van der Waals surface area contributed by atoms with Crippen molar-refractivity contribution in [3.63, 3.8) is 0 Å². The van der Waals surface area contributed by atoms with Gasteiger partial charge in [-0.3, -0.25) is 0 Å². The first-order valence-electron chi connectivity index (χ1n) is 4.81. The molecular weight excluding hydrogens is 286 g/mol. The predicted octanol–water partition coefficient (Wildman–Crippen LogP) is 2.59. The number of ether oxygens (including phenoxy) is 1. The number of aryl methyl sites for hydroxylation is 1. The maximum Gasteiger partial charge on any atom is 0.145 e. The molecule has 1 heterocycles. The molecule has 0 N–H and O–H groups in total. The zero-order valence-corrected chi connectivity index (χ0v) is 10.6. The van der Waals surface area contributed by atoms with Crippen molar-refractivity contribution in [2.45, 2.75) is 13.5 Å². The van der Waals surface area contributed by atoms with Gasteiger partial charge in [-0.15, -0.1) is 0 Å². The molecule has 5 nitrogen and oxygen atoms in total. The second kappa shape index (κ2) is 4.97. The SMILES string of the molecule is Cc1nonc1COc1ccc(Br)cc1C#N. The summed E-state index contributed by atoms with van der Waals surface area (Å²) in [6, 6.07) is 7.30. The van der Waals surface area contributed by atoms with Crippen molar-refractivity contribution in [2.24, 2.45) is 0 Å². The van der Waals surface area contributed by atoms with Crippen molar-refractivity contribution in [1.82, 2.24) is 10.3 Å². The Morgan fingerprint density at radius 1 is 1.47 bits per heavy atom. The first-order valence-corrected chi connectivity index (χ1v) is 5.60. The maximum atomic E-state index is 8.96. The second-order valence-corrected chi connectivity index (χ2v) is 4.25. The molecule has 2 aromatic rings. The summed E-state index contributed by atoms with van der Waals surface area (Å²) in [5.41, 5.74) is 1.77. The molecule has 0 amide bonds. The van der Waals surface area contributed by atoms with Crippen molar-refractivity contribution >= 4 is 15.9 Å². The minimum Gasteiger partial charge on any atom is -0.486 e. The maximum absolute atomic E-state index is 8.96. The van der Waals surface area contributed by atoms with Crippen molar-refractivity contribution in [3.8, 4) is 11.8 Å². The topological polar surface area (TPSA) is 71.9 Å². The predicted molar refractivity (Wildman–Crippen MR) is 62.2 cm³/mol. The Labute approximate surface area is 106 Å². The molecule has 0 fully saturated rings. The molecular formula is C11H8BrN3O2. The number of benzene rings is 1. The lowest BCUT2D eigenvalue weighted by Crippen LogP contribution is -1.99. The fourth-order valence-electron chi connectivity index (χ4n) is 1.24. The van der Waals surface area contributed by atoms with E-state index < -0.39 is 0 Å². The molecule has 0 spiro atoms. The van der Waals surface area contributed by atoms with Gasteiger partial charge in [0.1, 0.15) is 29.8 Å². The molecule has 2 rings (SSSR count). The van der Waals surface area contributed by atoms with Gasteiger partial charge in [0.25, 0.3) is 0 Å². The number of nitriles is 1. The minimum absolute atomic E-state index is 0.228. The Balaban J connectivity index is 2.15. The molecule has 0 aliphatic heterocycles. The third-order valence-corrected chi connectivity index (χ3v) is 2.67. The highest BCUT2D eigenvalue weighted by molar-refractivity contribution is 9.10.